The van der Waals surface area contributed by atoms with Crippen molar-refractivity contribution in [2.24, 2.45) is 0 Å². The van der Waals surface area contributed by atoms with Crippen LogP contribution in [0.2, 0.25) is 5.02 Å². The van der Waals surface area contributed by atoms with Crippen molar-refractivity contribution in [2.45, 2.75) is 38.5 Å². The number of alkyl halides is 2. The molecule has 0 radical (unpaired) electrons. The van der Waals surface area contributed by atoms with Crippen molar-refractivity contribution in [2.75, 3.05) is 13.1 Å². The second-order valence-corrected chi connectivity index (χ2v) is 7.37. The predicted molar refractivity (Wildman–Crippen MR) is 105 cm³/mol. The molecule has 156 valence electrons. The van der Waals surface area contributed by atoms with Crippen LogP contribution in [0.15, 0.2) is 42.5 Å². The van der Waals surface area contributed by atoms with Crippen LogP contribution >= 0.6 is 11.6 Å². The summed E-state index contributed by atoms with van der Waals surface area (Å²) < 4.78 is 42.7. The molecular weight excluding hydrogens is 405 g/mol. The molecule has 0 aliphatic heterocycles. The molecule has 1 saturated carbocycles. The number of nitrogens with one attached hydrogen (secondary N) is 1. The van der Waals surface area contributed by atoms with Crippen LogP contribution in [0.3, 0.4) is 0 Å². The highest BCUT2D eigenvalue weighted by molar-refractivity contribution is 6.31. The molecule has 1 amide bonds. The van der Waals surface area contributed by atoms with Gasteiger partial charge in [-0.15, -0.1) is 0 Å². The number of carbonyl (C=O) groups excluding carboxylic acids is 1. The lowest BCUT2D eigenvalue weighted by molar-refractivity contribution is -0.122. The molecule has 0 spiro atoms. The summed E-state index contributed by atoms with van der Waals surface area (Å²) in [5.74, 6) is -0.426. The number of hydrogen-bond donors (Lipinski definition) is 1. The zero-order valence-electron chi connectivity index (χ0n) is 15.7. The van der Waals surface area contributed by atoms with Gasteiger partial charge in [-0.3, -0.25) is 9.69 Å². The lowest BCUT2D eigenvalue weighted by Crippen LogP contribution is -2.39. The van der Waals surface area contributed by atoms with Crippen LogP contribution in [0.5, 0.6) is 5.75 Å². The fourth-order valence-electron chi connectivity index (χ4n) is 3.06. The first-order chi connectivity index (χ1) is 13.9. The van der Waals surface area contributed by atoms with Crippen LogP contribution in [0.25, 0.3) is 0 Å². The summed E-state index contributed by atoms with van der Waals surface area (Å²) in [6, 6.07) is 11.1. The van der Waals surface area contributed by atoms with E-state index in [-0.39, 0.29) is 36.6 Å². The van der Waals surface area contributed by atoms with E-state index < -0.39 is 6.61 Å². The van der Waals surface area contributed by atoms with Crippen LogP contribution in [0.4, 0.5) is 13.2 Å². The van der Waals surface area contributed by atoms with Crippen molar-refractivity contribution in [1.82, 2.24) is 10.2 Å². The van der Waals surface area contributed by atoms with E-state index >= 15 is 0 Å². The SMILES string of the molecule is O=C(CN(Cc1c(F)cccc1Cl)C1CC1)NCCc1ccc(OC(F)F)cc1. The highest BCUT2D eigenvalue weighted by Crippen LogP contribution is 2.30. The molecule has 1 fully saturated rings. The third-order valence-corrected chi connectivity index (χ3v) is 5.07. The molecule has 0 heterocycles. The van der Waals surface area contributed by atoms with Crippen molar-refractivity contribution in [3.05, 3.63) is 64.4 Å². The Morgan fingerprint density at radius 2 is 1.93 bits per heavy atom. The molecule has 1 aliphatic rings. The molecule has 2 aromatic carbocycles. The number of halogens is 4. The minimum atomic E-state index is -2.85. The summed E-state index contributed by atoms with van der Waals surface area (Å²) in [7, 11) is 0. The molecule has 1 aliphatic carbocycles. The third kappa shape index (κ3) is 6.65. The highest BCUT2D eigenvalue weighted by Gasteiger charge is 2.31. The molecule has 0 bridgehead atoms. The first kappa shape index (κ1) is 21.5. The normalized spacial score (nSPS) is 13.7. The van der Waals surface area contributed by atoms with Crippen molar-refractivity contribution < 1.29 is 22.7 Å². The number of hydrogen-bond acceptors (Lipinski definition) is 3. The molecule has 0 unspecified atom stereocenters. The van der Waals surface area contributed by atoms with E-state index in [4.69, 9.17) is 11.6 Å². The van der Waals surface area contributed by atoms with Crippen molar-refractivity contribution in [3.63, 3.8) is 0 Å². The number of nitrogens with zero attached hydrogens (tertiary/aromatic N) is 1. The fourth-order valence-corrected chi connectivity index (χ4v) is 3.29. The lowest BCUT2D eigenvalue weighted by atomic mass is 10.1. The molecule has 2 aromatic rings. The Bertz CT molecular complexity index is 809. The second-order valence-electron chi connectivity index (χ2n) is 6.96. The Morgan fingerprint density at radius 3 is 2.55 bits per heavy atom. The van der Waals surface area contributed by atoms with Crippen LogP contribution < -0.4 is 10.1 Å². The van der Waals surface area contributed by atoms with E-state index in [0.29, 0.717) is 23.6 Å². The molecule has 0 atom stereocenters. The molecule has 8 heteroatoms. The Labute approximate surface area is 172 Å². The lowest BCUT2D eigenvalue weighted by Gasteiger charge is -2.22. The average Bonchev–Trinajstić information content (AvgIpc) is 3.50. The molecule has 3 rings (SSSR count). The Kier molecular flexibility index (Phi) is 7.39. The Morgan fingerprint density at radius 1 is 1.21 bits per heavy atom. The third-order valence-electron chi connectivity index (χ3n) is 4.72. The summed E-state index contributed by atoms with van der Waals surface area (Å²) in [5, 5.41) is 3.20. The maximum Gasteiger partial charge on any atom is 0.387 e. The van der Waals surface area contributed by atoms with Crippen molar-refractivity contribution in [1.29, 1.82) is 0 Å². The van der Waals surface area contributed by atoms with Gasteiger partial charge in [-0.25, -0.2) is 4.39 Å². The topological polar surface area (TPSA) is 41.6 Å². The van der Waals surface area contributed by atoms with Gasteiger partial charge in [0.05, 0.1) is 6.54 Å². The van der Waals surface area contributed by atoms with E-state index in [9.17, 15) is 18.0 Å². The van der Waals surface area contributed by atoms with Gasteiger partial charge in [0.2, 0.25) is 5.91 Å². The largest absolute Gasteiger partial charge is 0.435 e. The zero-order chi connectivity index (χ0) is 20.8. The minimum Gasteiger partial charge on any atom is -0.435 e. The summed E-state index contributed by atoms with van der Waals surface area (Å²) in [4.78, 5) is 14.3. The molecule has 1 N–H and O–H groups in total. The summed E-state index contributed by atoms with van der Waals surface area (Å²) in [5.41, 5.74) is 1.30. The van der Waals surface area contributed by atoms with Gasteiger partial charge >= 0.3 is 6.61 Å². The van der Waals surface area contributed by atoms with Gasteiger partial charge in [-0.1, -0.05) is 29.8 Å². The molecule has 4 nitrogen and oxygen atoms in total. The number of amides is 1. The van der Waals surface area contributed by atoms with E-state index in [2.05, 4.69) is 10.1 Å². The van der Waals surface area contributed by atoms with Gasteiger partial charge in [0.25, 0.3) is 0 Å². The fraction of sp³-hybridized carbons (Fsp3) is 0.381. The Hall–Kier alpha value is -2.25. The van der Waals surface area contributed by atoms with E-state index in [1.807, 2.05) is 4.90 Å². The Balaban J connectivity index is 1.47. The van der Waals surface area contributed by atoms with Gasteiger partial charge in [0.1, 0.15) is 11.6 Å². The number of rotatable bonds is 10. The van der Waals surface area contributed by atoms with Gasteiger partial charge in [0.15, 0.2) is 0 Å². The summed E-state index contributed by atoms with van der Waals surface area (Å²) in [6.45, 7) is -1.99. The second kappa shape index (κ2) is 9.98. The van der Waals surface area contributed by atoms with Gasteiger partial charge < -0.3 is 10.1 Å². The van der Waals surface area contributed by atoms with Gasteiger partial charge in [-0.2, -0.15) is 8.78 Å². The molecular formula is C21H22ClF3N2O2. The monoisotopic (exact) mass is 426 g/mol. The van der Waals surface area contributed by atoms with Crippen molar-refractivity contribution >= 4 is 17.5 Å². The quantitative estimate of drug-likeness (QED) is 0.612. The van der Waals surface area contributed by atoms with E-state index in [0.717, 1.165) is 18.4 Å². The van der Waals surface area contributed by atoms with E-state index in [1.165, 1.54) is 18.2 Å². The molecule has 29 heavy (non-hydrogen) atoms. The van der Waals surface area contributed by atoms with Crippen LogP contribution in [-0.4, -0.2) is 36.5 Å². The van der Waals surface area contributed by atoms with Crippen LogP contribution in [0, 0.1) is 5.82 Å². The van der Waals surface area contributed by atoms with Gasteiger partial charge in [-0.05, 0) is 49.1 Å². The number of ether oxygens (including phenoxy) is 1. The zero-order valence-corrected chi connectivity index (χ0v) is 16.5. The maximum absolute atomic E-state index is 14.1. The standard InChI is InChI=1S/C21H22ClF3N2O2/c22-18-2-1-3-19(23)17(18)12-27(15-6-7-15)13-20(28)26-11-10-14-4-8-16(9-5-14)29-21(24)25/h1-5,8-9,15,21H,6-7,10-13H2,(H,26,28). The first-order valence-corrected chi connectivity index (χ1v) is 9.77. The van der Waals surface area contributed by atoms with Crippen LogP contribution in [0.1, 0.15) is 24.0 Å². The average molecular weight is 427 g/mol. The highest BCUT2D eigenvalue weighted by atomic mass is 35.5. The molecule has 0 aromatic heterocycles. The summed E-state index contributed by atoms with van der Waals surface area (Å²) in [6.07, 6.45) is 2.52. The van der Waals surface area contributed by atoms with Crippen molar-refractivity contribution in [3.8, 4) is 5.75 Å². The minimum absolute atomic E-state index is 0.0969. The summed E-state index contributed by atoms with van der Waals surface area (Å²) >= 11 is 6.11. The number of benzene rings is 2. The predicted octanol–water partition coefficient (Wildman–Crippen LogP) is 4.40. The van der Waals surface area contributed by atoms with Gasteiger partial charge in [0, 0.05) is 29.7 Å². The first-order valence-electron chi connectivity index (χ1n) is 9.40. The maximum atomic E-state index is 14.1. The van der Waals surface area contributed by atoms with E-state index in [1.54, 1.807) is 24.3 Å². The smallest absolute Gasteiger partial charge is 0.387 e. The van der Waals surface area contributed by atoms with Crippen LogP contribution in [-0.2, 0) is 17.8 Å². The molecule has 0 saturated heterocycles. The number of carbonyl (C=O) groups is 1.